The molecule has 4 N–H and O–H groups in total. The summed E-state index contributed by atoms with van der Waals surface area (Å²) in [6, 6.07) is 0.415. The minimum atomic E-state index is -4.90. The molecule has 2 saturated heterocycles. The van der Waals surface area contributed by atoms with Crippen LogP contribution in [0.15, 0.2) is 11.6 Å². The summed E-state index contributed by atoms with van der Waals surface area (Å²) in [5.74, 6) is -1.10. The molecule has 0 saturated carbocycles. The number of hydrogen-bond donors (Lipinski definition) is 2. The Hall–Kier alpha value is -4.12. The number of thiazole rings is 1. The van der Waals surface area contributed by atoms with Crippen molar-refractivity contribution in [2.75, 3.05) is 49.2 Å². The summed E-state index contributed by atoms with van der Waals surface area (Å²) < 4.78 is 86.1. The van der Waals surface area contributed by atoms with E-state index in [4.69, 9.17) is 20.9 Å². The van der Waals surface area contributed by atoms with E-state index in [1.165, 1.54) is 18.3 Å². The van der Waals surface area contributed by atoms with Crippen LogP contribution in [0.25, 0.3) is 22.3 Å². The Morgan fingerprint density at radius 2 is 1.98 bits per heavy atom. The van der Waals surface area contributed by atoms with Gasteiger partial charge in [-0.05, 0) is 44.9 Å². The van der Waals surface area contributed by atoms with Crippen LogP contribution in [0, 0.1) is 12.7 Å². The number of fused-ring (bicyclic) bond motifs is 1. The Kier molecular flexibility index (Phi) is 7.30. The van der Waals surface area contributed by atoms with Gasteiger partial charge in [0.1, 0.15) is 59.1 Å². The zero-order valence-electron chi connectivity index (χ0n) is 24.9. The second-order valence-electron chi connectivity index (χ2n) is 11.9. The number of aryl methyl sites for hydroxylation is 1. The molecular formula is C29H30F5N9O2S. The van der Waals surface area contributed by atoms with Gasteiger partial charge in [-0.25, -0.2) is 23.7 Å². The monoisotopic (exact) mass is 663 g/mol. The van der Waals surface area contributed by atoms with Crippen molar-refractivity contribution in [2.45, 2.75) is 57.0 Å². The van der Waals surface area contributed by atoms with Gasteiger partial charge >= 0.3 is 12.2 Å². The molecule has 4 aromatic heterocycles. The summed E-state index contributed by atoms with van der Waals surface area (Å²) in [7, 11) is 0. The molecule has 0 aliphatic carbocycles. The summed E-state index contributed by atoms with van der Waals surface area (Å²) in [6.45, 7) is 4.40. The van der Waals surface area contributed by atoms with Gasteiger partial charge in [0, 0.05) is 13.0 Å². The second-order valence-corrected chi connectivity index (χ2v) is 12.8. The van der Waals surface area contributed by atoms with E-state index >= 15 is 4.39 Å². The summed E-state index contributed by atoms with van der Waals surface area (Å²) in [4.78, 5) is 25.9. The molecule has 4 aromatic rings. The fraction of sp³-hybridized carbons (Fsp3) is 0.483. The molecule has 0 aromatic carbocycles. The molecule has 17 heteroatoms. The summed E-state index contributed by atoms with van der Waals surface area (Å²) in [5.41, 5.74) is 9.68. The summed E-state index contributed by atoms with van der Waals surface area (Å²) in [5, 5.41) is 0.0422. The molecular weight excluding hydrogens is 633 g/mol. The highest BCUT2D eigenvalue weighted by atomic mass is 32.1. The number of pyridine rings is 2. The maximum absolute atomic E-state index is 16.7. The minimum absolute atomic E-state index is 0.0221. The van der Waals surface area contributed by atoms with Crippen LogP contribution in [0.5, 0.6) is 11.9 Å². The number of nitrogens with two attached hydrogens (primary N) is 2. The molecule has 0 amide bonds. The average molecular weight is 664 g/mol. The van der Waals surface area contributed by atoms with E-state index in [1.807, 2.05) is 11.8 Å². The van der Waals surface area contributed by atoms with Gasteiger partial charge in [-0.3, -0.25) is 4.90 Å². The lowest BCUT2D eigenvalue weighted by molar-refractivity contribution is -0.137. The first-order valence-electron chi connectivity index (χ1n) is 14.7. The topological polar surface area (TPSA) is 141 Å². The third kappa shape index (κ3) is 4.99. The van der Waals surface area contributed by atoms with Gasteiger partial charge in [0.2, 0.25) is 5.88 Å². The third-order valence-corrected chi connectivity index (χ3v) is 10.0. The molecule has 3 atom stereocenters. The van der Waals surface area contributed by atoms with Crippen molar-refractivity contribution >= 4 is 39.7 Å². The first-order chi connectivity index (χ1) is 21.9. The van der Waals surface area contributed by atoms with Crippen molar-refractivity contribution in [3.8, 4) is 23.3 Å². The SMILES string of the molecule is Cc1cc(N)nc(-c2nc3c4c(nc(OC[C@@]56CCCN5C[C@H](F)C6)nc4c2F)N(C(C)c2scnc2N)CCO3)c1C(F)(F)F. The Morgan fingerprint density at radius 1 is 1.17 bits per heavy atom. The van der Waals surface area contributed by atoms with E-state index in [0.717, 1.165) is 23.9 Å². The fourth-order valence-electron chi connectivity index (χ4n) is 6.95. The Bertz CT molecular complexity index is 1840. The van der Waals surface area contributed by atoms with Crippen molar-refractivity contribution in [2.24, 2.45) is 0 Å². The van der Waals surface area contributed by atoms with Gasteiger partial charge in [-0.2, -0.15) is 23.1 Å². The molecule has 46 heavy (non-hydrogen) atoms. The predicted octanol–water partition coefficient (Wildman–Crippen LogP) is 5.09. The Labute approximate surface area is 263 Å². The van der Waals surface area contributed by atoms with Crippen molar-refractivity contribution < 1.29 is 31.4 Å². The van der Waals surface area contributed by atoms with Crippen molar-refractivity contribution in [1.29, 1.82) is 0 Å². The lowest BCUT2D eigenvalue weighted by Crippen LogP contribution is -2.43. The number of halogens is 5. The molecule has 7 heterocycles. The molecule has 7 rings (SSSR count). The molecule has 3 aliphatic heterocycles. The fourth-order valence-corrected chi connectivity index (χ4v) is 7.73. The van der Waals surface area contributed by atoms with Crippen LogP contribution >= 0.6 is 11.3 Å². The van der Waals surface area contributed by atoms with Crippen LogP contribution in [0.2, 0.25) is 0 Å². The van der Waals surface area contributed by atoms with E-state index in [1.54, 1.807) is 5.51 Å². The van der Waals surface area contributed by atoms with Crippen molar-refractivity contribution in [1.82, 2.24) is 29.8 Å². The van der Waals surface area contributed by atoms with Crippen LogP contribution in [-0.4, -0.2) is 74.4 Å². The summed E-state index contributed by atoms with van der Waals surface area (Å²) >= 11 is 1.33. The highest BCUT2D eigenvalue weighted by molar-refractivity contribution is 7.10. The number of anilines is 3. The number of hydrogen-bond acceptors (Lipinski definition) is 12. The molecule has 11 nitrogen and oxygen atoms in total. The van der Waals surface area contributed by atoms with Gasteiger partial charge in [0.25, 0.3) is 0 Å². The van der Waals surface area contributed by atoms with Gasteiger partial charge in [0.05, 0.1) is 34.1 Å². The molecule has 1 unspecified atom stereocenters. The van der Waals surface area contributed by atoms with E-state index in [9.17, 15) is 17.6 Å². The number of alkyl halides is 4. The number of aromatic nitrogens is 5. The Morgan fingerprint density at radius 3 is 2.72 bits per heavy atom. The smallest absolute Gasteiger partial charge is 0.418 e. The first kappa shape index (κ1) is 30.5. The van der Waals surface area contributed by atoms with Crippen LogP contribution < -0.4 is 25.8 Å². The normalized spacial score (nSPS) is 22.2. The maximum Gasteiger partial charge on any atom is 0.418 e. The third-order valence-electron chi connectivity index (χ3n) is 9.00. The molecule has 0 bridgehead atoms. The minimum Gasteiger partial charge on any atom is -0.475 e. The van der Waals surface area contributed by atoms with Gasteiger partial charge in [-0.1, -0.05) is 0 Å². The molecule has 2 fully saturated rings. The number of nitrogens with zero attached hydrogens (tertiary/aromatic N) is 7. The van der Waals surface area contributed by atoms with Gasteiger partial charge < -0.3 is 25.8 Å². The standard InChI is InChI=1S/C29H30F5N9O2S/c1-13-8-16(35)38-21(18(13)29(32,33)34)22-19(31)20-17-25(41-27(40-20)45-11-28-4-3-5-42(28)10-15(30)9-28)43(6-7-44-26(17)39-22)14(2)23-24(36)37-12-46-23/h8,12,14-15H,3-7,9-11,36H2,1-2H3,(H2,35,38)/t14?,15-,28+/m1/s1. The zero-order chi connectivity index (χ0) is 32.5. The molecule has 3 aliphatic rings. The van der Waals surface area contributed by atoms with E-state index in [0.29, 0.717) is 18.8 Å². The van der Waals surface area contributed by atoms with Crippen LogP contribution in [0.4, 0.5) is 39.4 Å². The first-order valence-corrected chi connectivity index (χ1v) is 15.6. The van der Waals surface area contributed by atoms with Crippen molar-refractivity contribution in [3.63, 3.8) is 0 Å². The van der Waals surface area contributed by atoms with Crippen LogP contribution in [-0.2, 0) is 6.18 Å². The van der Waals surface area contributed by atoms with Crippen molar-refractivity contribution in [3.05, 3.63) is 33.4 Å². The highest BCUT2D eigenvalue weighted by Crippen LogP contribution is 2.46. The lowest BCUT2D eigenvalue weighted by Gasteiger charge is -2.31. The van der Waals surface area contributed by atoms with Gasteiger partial charge in [-0.15, -0.1) is 11.3 Å². The predicted molar refractivity (Wildman–Crippen MR) is 161 cm³/mol. The largest absolute Gasteiger partial charge is 0.475 e. The second kappa shape index (κ2) is 11.0. The average Bonchev–Trinajstić information content (AvgIpc) is 3.63. The van der Waals surface area contributed by atoms with Gasteiger partial charge in [0.15, 0.2) is 5.82 Å². The zero-order valence-corrected chi connectivity index (χ0v) is 25.7. The van der Waals surface area contributed by atoms with E-state index in [2.05, 4.69) is 29.8 Å². The molecule has 244 valence electrons. The molecule has 0 spiro atoms. The maximum atomic E-state index is 16.7. The number of nitrogen functional groups attached to an aromatic ring is 2. The highest BCUT2D eigenvalue weighted by Gasteiger charge is 2.49. The van der Waals surface area contributed by atoms with Crippen LogP contribution in [0.1, 0.15) is 48.2 Å². The van der Waals surface area contributed by atoms with E-state index in [-0.39, 0.29) is 66.2 Å². The molecule has 0 radical (unpaired) electrons. The number of rotatable bonds is 6. The summed E-state index contributed by atoms with van der Waals surface area (Å²) in [6.07, 6.45) is -4.03. The Balaban J connectivity index is 1.42. The lowest BCUT2D eigenvalue weighted by atomic mass is 9.95. The van der Waals surface area contributed by atoms with E-state index < -0.39 is 46.7 Å². The van der Waals surface area contributed by atoms with Crippen LogP contribution in [0.3, 0.4) is 0 Å². The quantitative estimate of drug-likeness (QED) is 0.267. The number of ether oxygens (including phenoxy) is 2.